The predicted molar refractivity (Wildman–Crippen MR) is 416 cm³/mol. The van der Waals surface area contributed by atoms with E-state index in [-0.39, 0.29) is 61.4 Å². The van der Waals surface area contributed by atoms with Crippen molar-refractivity contribution in [1.29, 1.82) is 0 Å². The summed E-state index contributed by atoms with van der Waals surface area (Å²) in [6.45, 7) is 4.06. The van der Waals surface area contributed by atoms with Gasteiger partial charge in [0, 0.05) is 97.0 Å². The number of pyridine rings is 7. The van der Waals surface area contributed by atoms with E-state index in [2.05, 4.69) is 109 Å². The van der Waals surface area contributed by atoms with Crippen molar-refractivity contribution in [3.05, 3.63) is 321 Å². The SMILES string of the molecule is Cc1ccc([O][AlH])c2ncccc12.Cc1ccc2cccc([O][Al][O]c3ccc(-c4ccccc4)cc3)c2n1.Fc1cc(F)c2cccnc2c1[O][AlH].Oc1cccc2cccnc12.[GaH][O]c1cc2ccccc2c2cccnc12.[InH][O]c1cccc2cccnc12.[S-]c1cccc2cccnc12.[Zn].[Zn]. The zero-order valence-corrected chi connectivity index (χ0v) is 75.0. The van der Waals surface area contributed by atoms with Gasteiger partial charge in [-0.15, -0.1) is 4.90 Å². The van der Waals surface area contributed by atoms with Gasteiger partial charge in [-0.25, -0.2) is 13.8 Å². The molecule has 0 spiro atoms. The summed E-state index contributed by atoms with van der Waals surface area (Å²) in [6.07, 6.45) is 10.3. The standard InChI is InChI=1S/C13H9NO.C12H10O.2C10H9NO.C9H5F2NO.2C9H7NO.C9H7NS.3Al.Ga.In.2Zn.4H/c15-12-8-9-4-1-2-5-10(9)11-6-3-7-14-13(11)12;13-12-8-6-11(7-9-12)10-4-2-1-3-5-10;1-7-4-5-9(12)10-8(7)3-2-6-11-10;1-7-5-6-8-3-2-4-9(12)10(8)11-7;10-6-4-7(11)9(13)8-5(6)2-1-3-12-8;3*11-8-5-1-3-7-4-2-6-10-9(7)8;;;;;;;;;;;/h1-8,15H;1-9,13H;2*2-6,12H,1H3;1-4,13H;3*1-6,11H;;;;;;;;;;;/q;;;;;;;;2*+1;+2;2*+1;;;;;;/p-7. The molecule has 105 heavy (non-hydrogen) atoms. The van der Waals surface area contributed by atoms with E-state index < -0.39 is 27.5 Å². The molecule has 0 aliphatic carbocycles. The number of halogens is 2. The molecule has 17 aromatic rings. The van der Waals surface area contributed by atoms with Crippen molar-refractivity contribution in [2.24, 2.45) is 0 Å². The predicted octanol–water partition coefficient (Wildman–Crippen LogP) is 16.7. The van der Waals surface area contributed by atoms with Gasteiger partial charge in [0.25, 0.3) is 0 Å². The molecule has 0 bridgehead atoms. The van der Waals surface area contributed by atoms with Crippen LogP contribution in [0.1, 0.15) is 11.3 Å². The Labute approximate surface area is 685 Å². The maximum Gasteiger partial charge on any atom is 0.0511 e. The number of hydrogen-bond donors (Lipinski definition) is 1. The van der Waals surface area contributed by atoms with Gasteiger partial charge in [-0.3, -0.25) is 19.9 Å². The van der Waals surface area contributed by atoms with Gasteiger partial charge >= 0.3 is 239 Å². The number of aromatic nitrogens is 7. The second-order valence-electron chi connectivity index (χ2n) is 22.4. The summed E-state index contributed by atoms with van der Waals surface area (Å²) in [6, 6.07) is 83.6. The first-order valence-electron chi connectivity index (χ1n) is 32.0. The number of para-hydroxylation sites is 4. The Kier molecular flexibility index (Phi) is 31.2. The number of rotatable bonds is 9. The van der Waals surface area contributed by atoms with Gasteiger partial charge in [0.15, 0.2) is 5.82 Å². The Hall–Kier alpha value is -8.64. The van der Waals surface area contributed by atoms with Crippen LogP contribution in [0.3, 0.4) is 0 Å². The Bertz CT molecular complexity index is 5640. The number of aryl methyl sites for hydroxylation is 2. The van der Waals surface area contributed by atoms with Gasteiger partial charge in [-0.1, -0.05) is 115 Å². The molecule has 0 atom stereocenters. The number of phenolic OH excluding ortho intramolecular Hbond substituents is 1. The molecule has 0 amide bonds. The quantitative estimate of drug-likeness (QED) is 0.0823. The summed E-state index contributed by atoms with van der Waals surface area (Å²) in [5, 5.41) is 18.6. The van der Waals surface area contributed by atoms with E-state index in [1.807, 2.05) is 171 Å². The van der Waals surface area contributed by atoms with Crippen LogP contribution in [0.5, 0.6) is 40.2 Å². The molecule has 0 aliphatic rings. The Balaban J connectivity index is 0.000000145. The number of phenols is 1. The molecular weight excluding hydrogens is 1650 g/mol. The minimum Gasteiger partial charge on any atom is -0.778 e. The van der Waals surface area contributed by atoms with Gasteiger partial charge in [0.05, 0.1) is 11.3 Å². The molecule has 0 unspecified atom stereocenters. The summed E-state index contributed by atoms with van der Waals surface area (Å²) in [5.41, 5.74) is 10.1. The molecule has 0 saturated heterocycles. The molecule has 10 aromatic carbocycles. The Morgan fingerprint density at radius 2 is 0.914 bits per heavy atom. The average molecular weight is 1710 g/mol. The molecule has 501 valence electrons. The monoisotopic (exact) mass is 1710 g/mol. The molecular formula is C81H60Al3F2GaInN7O7SZn2-. The van der Waals surface area contributed by atoms with Crippen LogP contribution in [-0.2, 0) is 51.6 Å². The fourth-order valence-electron chi connectivity index (χ4n) is 10.9. The van der Waals surface area contributed by atoms with Crippen LogP contribution in [-0.4, -0.2) is 133 Å². The minimum atomic E-state index is -0.733. The normalized spacial score (nSPS) is 10.2. The van der Waals surface area contributed by atoms with Crippen molar-refractivity contribution in [3.63, 3.8) is 0 Å². The maximum atomic E-state index is 13.2. The van der Waals surface area contributed by atoms with Crippen LogP contribution in [0, 0.1) is 25.5 Å². The van der Waals surface area contributed by atoms with E-state index >= 15 is 0 Å². The summed E-state index contributed by atoms with van der Waals surface area (Å²) in [4.78, 5) is 30.4. The molecule has 7 heterocycles. The molecule has 14 nitrogen and oxygen atoms in total. The van der Waals surface area contributed by atoms with Gasteiger partial charge in [-0.05, 0) is 103 Å². The largest absolute Gasteiger partial charge is 0.778 e. The summed E-state index contributed by atoms with van der Waals surface area (Å²) in [7, 11) is 0. The molecule has 0 aliphatic heterocycles. The molecule has 24 heteroatoms. The minimum absolute atomic E-state index is 0. The molecule has 5 radical (unpaired) electrons. The zero-order valence-electron chi connectivity index (χ0n) is 57.3. The van der Waals surface area contributed by atoms with Crippen LogP contribution in [0.2, 0.25) is 0 Å². The summed E-state index contributed by atoms with van der Waals surface area (Å²) < 4.78 is 59.0. The second kappa shape index (κ2) is 40.7. The van der Waals surface area contributed by atoms with Crippen LogP contribution >= 0.6 is 0 Å². The van der Waals surface area contributed by atoms with Crippen LogP contribution in [0.25, 0.3) is 98.2 Å². The fraction of sp³-hybridized carbons (Fsp3) is 0.0247. The van der Waals surface area contributed by atoms with Crippen molar-refractivity contribution >= 4 is 193 Å². The first-order valence-corrected chi connectivity index (χ1v) is 37.4. The number of nitrogens with zero attached hydrogens (tertiary/aromatic N) is 7. The van der Waals surface area contributed by atoms with Crippen molar-refractivity contribution in [2.75, 3.05) is 0 Å². The van der Waals surface area contributed by atoms with Crippen LogP contribution < -0.4 is 21.5 Å². The maximum absolute atomic E-state index is 13.2. The van der Waals surface area contributed by atoms with E-state index in [0.29, 0.717) is 30.3 Å². The first-order chi connectivity index (χ1) is 50.4. The number of fused-ring (bicyclic) bond motifs is 9. The molecule has 1 N–H and O–H groups in total. The summed E-state index contributed by atoms with van der Waals surface area (Å²) >= 11 is 8.30. The van der Waals surface area contributed by atoms with Crippen molar-refractivity contribution in [3.8, 4) is 51.4 Å². The van der Waals surface area contributed by atoms with Gasteiger partial charge < -0.3 is 32.9 Å². The van der Waals surface area contributed by atoms with Crippen LogP contribution in [0.4, 0.5) is 8.78 Å². The Morgan fingerprint density at radius 1 is 0.410 bits per heavy atom. The van der Waals surface area contributed by atoms with Crippen molar-refractivity contribution < 1.29 is 74.4 Å². The molecule has 0 saturated carbocycles. The smallest absolute Gasteiger partial charge is 0.0511 e. The third-order valence-corrected chi connectivity index (χ3v) is 19.0. The number of hydrogen-bond acceptors (Lipinski definition) is 15. The fourth-order valence-corrected chi connectivity index (χ4v) is 13.3. The Morgan fingerprint density at radius 3 is 1.55 bits per heavy atom. The molecule has 17 rings (SSSR count). The third-order valence-electron chi connectivity index (χ3n) is 15.8. The molecule has 7 aromatic heterocycles. The van der Waals surface area contributed by atoms with Gasteiger partial charge in [0.1, 0.15) is 50.9 Å². The number of benzene rings is 10. The number of aromatic hydroxyl groups is 1. The van der Waals surface area contributed by atoms with E-state index in [0.717, 1.165) is 141 Å². The van der Waals surface area contributed by atoms with Gasteiger partial charge in [0.2, 0.25) is 0 Å². The van der Waals surface area contributed by atoms with Crippen molar-refractivity contribution in [1.82, 2.24) is 34.9 Å². The van der Waals surface area contributed by atoms with E-state index in [1.54, 1.807) is 49.2 Å². The van der Waals surface area contributed by atoms with Gasteiger partial charge in [-0.2, -0.15) is 0 Å². The van der Waals surface area contributed by atoms with E-state index in [1.165, 1.54) is 56.3 Å². The zero-order chi connectivity index (χ0) is 71.9. The van der Waals surface area contributed by atoms with Crippen LogP contribution in [0.15, 0.2) is 303 Å². The van der Waals surface area contributed by atoms with E-state index in [4.69, 9.17) is 34.2 Å². The summed E-state index contributed by atoms with van der Waals surface area (Å²) in [5.74, 6) is 3.07. The first kappa shape index (κ1) is 80.5. The third kappa shape index (κ3) is 21.1. The van der Waals surface area contributed by atoms with Crippen molar-refractivity contribution in [2.45, 2.75) is 18.7 Å². The second-order valence-corrected chi connectivity index (χ2v) is 25.6. The van der Waals surface area contributed by atoms with E-state index in [9.17, 15) is 13.9 Å². The average Bonchev–Trinajstić information content (AvgIpc) is 0.783. The topological polar surface area (TPSA) is 166 Å². The molecule has 0 fully saturated rings.